The number of carbonyl (C=O) groups is 1. The molecule has 1 aromatic rings. The third-order valence-corrected chi connectivity index (χ3v) is 5.42. The summed E-state index contributed by atoms with van der Waals surface area (Å²) in [5.41, 5.74) is 0.780. The largest absolute Gasteiger partial charge is 0.368 e. The van der Waals surface area contributed by atoms with Crippen molar-refractivity contribution in [1.82, 2.24) is 9.80 Å². The van der Waals surface area contributed by atoms with Gasteiger partial charge in [-0.1, -0.05) is 27.5 Å². The van der Waals surface area contributed by atoms with Gasteiger partial charge in [0, 0.05) is 37.3 Å². The molecule has 1 aromatic carbocycles. The molecule has 2 saturated heterocycles. The predicted octanol–water partition coefficient (Wildman–Crippen LogP) is 3.12. The molecule has 2 aliphatic rings. The van der Waals surface area contributed by atoms with Crippen LogP contribution >= 0.6 is 39.7 Å². The molecule has 3 rings (SSSR count). The van der Waals surface area contributed by atoms with Crippen molar-refractivity contribution in [1.29, 1.82) is 0 Å². The molecule has 2 heterocycles. The van der Waals surface area contributed by atoms with Gasteiger partial charge in [-0.15, -0.1) is 0 Å². The highest BCUT2D eigenvalue weighted by Gasteiger charge is 2.30. The van der Waals surface area contributed by atoms with Gasteiger partial charge in [-0.05, 0) is 43.3 Å². The molecular formula is C16H19BrClN3O2S. The highest BCUT2D eigenvalue weighted by Crippen LogP contribution is 2.26. The molecule has 0 aromatic heterocycles. The quantitative estimate of drug-likeness (QED) is 0.728. The summed E-state index contributed by atoms with van der Waals surface area (Å²) >= 11 is 15.1. The zero-order valence-corrected chi connectivity index (χ0v) is 16.3. The second-order valence-corrected chi connectivity index (χ2v) is 7.58. The summed E-state index contributed by atoms with van der Waals surface area (Å²) in [4.78, 5) is 16.3. The molecule has 2 fully saturated rings. The fraction of sp³-hybridized carbons (Fsp3) is 0.500. The number of amides is 1. The monoisotopic (exact) mass is 431 g/mol. The lowest BCUT2D eigenvalue weighted by atomic mass is 10.2. The lowest BCUT2D eigenvalue weighted by Gasteiger charge is -2.37. The summed E-state index contributed by atoms with van der Waals surface area (Å²) in [5, 5.41) is 4.42. The lowest BCUT2D eigenvalue weighted by Crippen LogP contribution is -2.53. The summed E-state index contributed by atoms with van der Waals surface area (Å²) in [6, 6.07) is 5.62. The number of carbonyl (C=O) groups excluding carboxylic acids is 1. The van der Waals surface area contributed by atoms with Crippen LogP contribution in [0.3, 0.4) is 0 Å². The highest BCUT2D eigenvalue weighted by molar-refractivity contribution is 9.10. The minimum absolute atomic E-state index is 0.113. The molecule has 8 heteroatoms. The van der Waals surface area contributed by atoms with Crippen LogP contribution < -0.4 is 5.32 Å². The minimum atomic E-state index is -0.247. The van der Waals surface area contributed by atoms with E-state index in [4.69, 9.17) is 28.6 Å². The maximum absolute atomic E-state index is 12.4. The van der Waals surface area contributed by atoms with Gasteiger partial charge < -0.3 is 19.9 Å². The molecule has 0 spiro atoms. The first kappa shape index (κ1) is 17.9. The summed E-state index contributed by atoms with van der Waals surface area (Å²) < 4.78 is 6.40. The van der Waals surface area contributed by atoms with E-state index in [9.17, 15) is 4.79 Å². The first-order valence-electron chi connectivity index (χ1n) is 7.96. The smallest absolute Gasteiger partial charge is 0.251 e. The van der Waals surface area contributed by atoms with Crippen LogP contribution in [0.25, 0.3) is 0 Å². The number of thiocarbonyl (C=S) groups is 1. The molecule has 0 bridgehead atoms. The Balaban J connectivity index is 1.52. The van der Waals surface area contributed by atoms with Gasteiger partial charge in [0.1, 0.15) is 6.10 Å². The fourth-order valence-electron chi connectivity index (χ4n) is 2.89. The zero-order chi connectivity index (χ0) is 17.1. The van der Waals surface area contributed by atoms with Crippen molar-refractivity contribution in [2.75, 3.05) is 38.1 Å². The Labute approximate surface area is 160 Å². The normalized spacial score (nSPS) is 21.0. The van der Waals surface area contributed by atoms with E-state index in [-0.39, 0.29) is 12.0 Å². The van der Waals surface area contributed by atoms with Crippen LogP contribution in [0.5, 0.6) is 0 Å². The maximum Gasteiger partial charge on any atom is 0.251 e. The average molecular weight is 433 g/mol. The molecule has 24 heavy (non-hydrogen) atoms. The van der Waals surface area contributed by atoms with Crippen LogP contribution in [-0.4, -0.2) is 59.7 Å². The van der Waals surface area contributed by atoms with E-state index < -0.39 is 0 Å². The molecule has 0 aliphatic carbocycles. The van der Waals surface area contributed by atoms with Crippen molar-refractivity contribution in [3.63, 3.8) is 0 Å². The average Bonchev–Trinajstić information content (AvgIpc) is 3.11. The van der Waals surface area contributed by atoms with E-state index >= 15 is 0 Å². The van der Waals surface area contributed by atoms with Crippen LogP contribution in [0, 0.1) is 0 Å². The van der Waals surface area contributed by atoms with Gasteiger partial charge >= 0.3 is 0 Å². The van der Waals surface area contributed by atoms with Crippen LogP contribution in [0.1, 0.15) is 12.8 Å². The number of ether oxygens (including phenoxy) is 1. The number of rotatable bonds is 2. The molecule has 0 saturated carbocycles. The topological polar surface area (TPSA) is 44.8 Å². The van der Waals surface area contributed by atoms with Gasteiger partial charge in [0.05, 0.1) is 10.7 Å². The number of halogens is 2. The molecule has 1 N–H and O–H groups in total. The van der Waals surface area contributed by atoms with Gasteiger partial charge in [0.15, 0.2) is 5.11 Å². The minimum Gasteiger partial charge on any atom is -0.368 e. The molecule has 0 unspecified atom stereocenters. The second-order valence-electron chi connectivity index (χ2n) is 5.87. The van der Waals surface area contributed by atoms with Crippen LogP contribution in [0.15, 0.2) is 22.7 Å². The first-order valence-corrected chi connectivity index (χ1v) is 9.54. The van der Waals surface area contributed by atoms with E-state index in [0.29, 0.717) is 42.9 Å². The number of piperazine rings is 1. The molecule has 130 valence electrons. The molecule has 1 atom stereocenters. The summed E-state index contributed by atoms with van der Waals surface area (Å²) in [7, 11) is 0. The van der Waals surface area contributed by atoms with Crippen molar-refractivity contribution in [3.05, 3.63) is 27.7 Å². The molecule has 1 amide bonds. The first-order chi connectivity index (χ1) is 11.5. The Morgan fingerprint density at radius 1 is 1.29 bits per heavy atom. The van der Waals surface area contributed by atoms with Crippen molar-refractivity contribution in [2.45, 2.75) is 18.9 Å². The van der Waals surface area contributed by atoms with E-state index in [2.05, 4.69) is 26.1 Å². The van der Waals surface area contributed by atoms with Crippen molar-refractivity contribution in [3.8, 4) is 0 Å². The Morgan fingerprint density at radius 2 is 2.00 bits per heavy atom. The van der Waals surface area contributed by atoms with Crippen molar-refractivity contribution < 1.29 is 9.53 Å². The van der Waals surface area contributed by atoms with E-state index in [0.717, 1.165) is 23.0 Å². The lowest BCUT2D eigenvalue weighted by molar-refractivity contribution is -0.142. The van der Waals surface area contributed by atoms with Crippen LogP contribution in [0.4, 0.5) is 5.69 Å². The van der Waals surface area contributed by atoms with Gasteiger partial charge in [-0.3, -0.25) is 4.79 Å². The third-order valence-electron chi connectivity index (χ3n) is 4.26. The number of nitrogens with zero attached hydrogens (tertiary/aromatic N) is 2. The molecule has 2 aliphatic heterocycles. The Morgan fingerprint density at radius 3 is 2.62 bits per heavy atom. The van der Waals surface area contributed by atoms with E-state index in [1.54, 1.807) is 0 Å². The van der Waals surface area contributed by atoms with Gasteiger partial charge in [0.2, 0.25) is 0 Å². The molecule has 0 radical (unpaired) electrons. The number of hydrogen-bond acceptors (Lipinski definition) is 3. The summed E-state index contributed by atoms with van der Waals surface area (Å²) in [5.74, 6) is 0.113. The third kappa shape index (κ3) is 4.20. The second kappa shape index (κ2) is 7.99. The zero-order valence-electron chi connectivity index (χ0n) is 13.1. The fourth-order valence-corrected chi connectivity index (χ4v) is 3.90. The van der Waals surface area contributed by atoms with Gasteiger partial charge in [-0.2, -0.15) is 0 Å². The van der Waals surface area contributed by atoms with Crippen molar-refractivity contribution in [2.24, 2.45) is 0 Å². The maximum atomic E-state index is 12.4. The van der Waals surface area contributed by atoms with E-state index in [1.807, 2.05) is 23.1 Å². The molecule has 5 nitrogen and oxygen atoms in total. The Kier molecular flexibility index (Phi) is 5.97. The van der Waals surface area contributed by atoms with Crippen molar-refractivity contribution >= 4 is 56.5 Å². The summed E-state index contributed by atoms with van der Waals surface area (Å²) in [6.07, 6.45) is 1.56. The van der Waals surface area contributed by atoms with Crippen LogP contribution in [-0.2, 0) is 9.53 Å². The number of nitrogens with one attached hydrogen (secondary N) is 1. The number of anilines is 1. The van der Waals surface area contributed by atoms with E-state index in [1.165, 1.54) is 0 Å². The predicted molar refractivity (Wildman–Crippen MR) is 102 cm³/mol. The Bertz CT molecular complexity index is 632. The molecular weight excluding hydrogens is 414 g/mol. The standard InChI is InChI=1S/C16H19BrClN3O2S/c17-11-3-4-13(12(18)10-11)19-16(24)21-7-5-20(6-8-21)15(22)14-2-1-9-23-14/h3-4,10,14H,1-2,5-9H2,(H,19,24)/t14-/m1/s1. The number of benzene rings is 1. The van der Waals surface area contributed by atoms with Gasteiger partial charge in [0.25, 0.3) is 5.91 Å². The summed E-state index contributed by atoms with van der Waals surface area (Å²) in [6.45, 7) is 3.43. The Hall–Kier alpha value is -0.890. The SMILES string of the molecule is O=C([C@H]1CCCO1)N1CCN(C(=S)Nc2ccc(Br)cc2Cl)CC1. The highest BCUT2D eigenvalue weighted by atomic mass is 79.9. The van der Waals surface area contributed by atoms with Crippen LogP contribution in [0.2, 0.25) is 5.02 Å². The number of hydrogen-bond donors (Lipinski definition) is 1. The van der Waals surface area contributed by atoms with Gasteiger partial charge in [-0.25, -0.2) is 0 Å².